The number of aromatic nitrogens is 2. The number of hydrogen-bond acceptors (Lipinski definition) is 5. The molecule has 0 aliphatic heterocycles. The number of aryl methyl sites for hydroxylation is 1. The maximum absolute atomic E-state index is 5.54. The van der Waals surface area contributed by atoms with E-state index in [1.807, 2.05) is 31.2 Å². The third kappa shape index (κ3) is 3.42. The van der Waals surface area contributed by atoms with Crippen molar-refractivity contribution in [2.24, 2.45) is 5.84 Å². The van der Waals surface area contributed by atoms with Crippen LogP contribution in [0.5, 0.6) is 5.75 Å². The number of benzene rings is 1. The second-order valence-corrected chi connectivity index (χ2v) is 4.24. The number of rotatable bonds is 5. The Labute approximate surface area is 112 Å². The first-order valence-electron chi connectivity index (χ1n) is 6.28. The van der Waals surface area contributed by atoms with Crippen LogP contribution in [0.15, 0.2) is 30.3 Å². The maximum atomic E-state index is 5.54. The molecular formula is C14H18N4O. The van der Waals surface area contributed by atoms with E-state index in [0.717, 1.165) is 30.0 Å². The van der Waals surface area contributed by atoms with Crippen LogP contribution in [0, 0.1) is 6.92 Å². The number of hydrazine groups is 1. The van der Waals surface area contributed by atoms with E-state index in [9.17, 15) is 0 Å². The Bertz CT molecular complexity index is 540. The lowest BCUT2D eigenvalue weighted by molar-refractivity contribution is 0.317. The fourth-order valence-corrected chi connectivity index (χ4v) is 1.69. The van der Waals surface area contributed by atoms with E-state index in [1.54, 1.807) is 6.07 Å². The summed E-state index contributed by atoms with van der Waals surface area (Å²) in [7, 11) is 0. The summed E-state index contributed by atoms with van der Waals surface area (Å²) < 4.78 is 5.54. The van der Waals surface area contributed by atoms with Gasteiger partial charge in [0, 0.05) is 17.3 Å². The van der Waals surface area contributed by atoms with Crippen molar-refractivity contribution in [3.63, 3.8) is 0 Å². The zero-order valence-electron chi connectivity index (χ0n) is 11.2. The molecule has 0 bridgehead atoms. The van der Waals surface area contributed by atoms with Crippen molar-refractivity contribution in [3.8, 4) is 17.1 Å². The standard InChI is InChI=1S/C14H18N4O/c1-3-8-19-12-6-4-11(5-7-12)14-16-10(2)9-13(17-14)18-15/h4-7,9H,3,8,15H2,1-2H3,(H,16,17,18). The minimum atomic E-state index is 0.605. The van der Waals surface area contributed by atoms with Crippen molar-refractivity contribution in [2.75, 3.05) is 12.0 Å². The van der Waals surface area contributed by atoms with E-state index >= 15 is 0 Å². The Kier molecular flexibility index (Phi) is 4.30. The molecule has 0 aliphatic carbocycles. The summed E-state index contributed by atoms with van der Waals surface area (Å²) >= 11 is 0. The molecule has 1 aromatic carbocycles. The third-order valence-corrected chi connectivity index (χ3v) is 2.59. The van der Waals surface area contributed by atoms with Crippen LogP contribution in [-0.4, -0.2) is 16.6 Å². The van der Waals surface area contributed by atoms with Gasteiger partial charge in [0.2, 0.25) is 0 Å². The van der Waals surface area contributed by atoms with Gasteiger partial charge in [-0.15, -0.1) is 0 Å². The molecule has 0 radical (unpaired) electrons. The van der Waals surface area contributed by atoms with E-state index in [2.05, 4.69) is 22.3 Å². The largest absolute Gasteiger partial charge is 0.494 e. The molecule has 0 saturated heterocycles. The van der Waals surface area contributed by atoms with Gasteiger partial charge in [-0.05, 0) is 37.6 Å². The summed E-state index contributed by atoms with van der Waals surface area (Å²) in [5, 5.41) is 0. The monoisotopic (exact) mass is 258 g/mol. The lowest BCUT2D eigenvalue weighted by atomic mass is 10.2. The SMILES string of the molecule is CCCOc1ccc(-c2nc(C)cc(NN)n2)cc1. The van der Waals surface area contributed by atoms with Crippen LogP contribution in [0.1, 0.15) is 19.0 Å². The number of ether oxygens (including phenoxy) is 1. The van der Waals surface area contributed by atoms with Crippen molar-refractivity contribution < 1.29 is 4.74 Å². The van der Waals surface area contributed by atoms with Crippen LogP contribution >= 0.6 is 0 Å². The average molecular weight is 258 g/mol. The number of nitrogens with one attached hydrogen (secondary N) is 1. The van der Waals surface area contributed by atoms with Gasteiger partial charge in [-0.25, -0.2) is 15.8 Å². The first-order chi connectivity index (χ1) is 9.22. The van der Waals surface area contributed by atoms with Crippen molar-refractivity contribution in [2.45, 2.75) is 20.3 Å². The zero-order chi connectivity index (χ0) is 13.7. The molecule has 2 aromatic rings. The maximum Gasteiger partial charge on any atom is 0.161 e. The normalized spacial score (nSPS) is 10.3. The number of hydrogen-bond donors (Lipinski definition) is 2. The molecule has 0 saturated carbocycles. The lowest BCUT2D eigenvalue weighted by Gasteiger charge is -2.07. The molecule has 5 heteroatoms. The van der Waals surface area contributed by atoms with E-state index in [1.165, 1.54) is 0 Å². The first kappa shape index (κ1) is 13.3. The first-order valence-corrected chi connectivity index (χ1v) is 6.28. The van der Waals surface area contributed by atoms with Gasteiger partial charge in [-0.3, -0.25) is 0 Å². The molecule has 100 valence electrons. The number of nitrogens with two attached hydrogens (primary N) is 1. The van der Waals surface area contributed by atoms with Crippen LogP contribution in [0.2, 0.25) is 0 Å². The quantitative estimate of drug-likeness (QED) is 0.637. The van der Waals surface area contributed by atoms with Crippen molar-refractivity contribution >= 4 is 5.82 Å². The van der Waals surface area contributed by atoms with Crippen LogP contribution in [-0.2, 0) is 0 Å². The number of anilines is 1. The topological polar surface area (TPSA) is 73.1 Å². The minimum Gasteiger partial charge on any atom is -0.494 e. The molecule has 2 rings (SSSR count). The van der Waals surface area contributed by atoms with Gasteiger partial charge in [-0.2, -0.15) is 0 Å². The molecule has 0 spiro atoms. The van der Waals surface area contributed by atoms with E-state index < -0.39 is 0 Å². The van der Waals surface area contributed by atoms with E-state index in [4.69, 9.17) is 10.6 Å². The fraction of sp³-hybridized carbons (Fsp3) is 0.286. The summed E-state index contributed by atoms with van der Waals surface area (Å²) in [6.45, 7) is 4.71. The molecule has 1 aromatic heterocycles. The lowest BCUT2D eigenvalue weighted by Crippen LogP contribution is -2.09. The average Bonchev–Trinajstić information content (AvgIpc) is 2.45. The molecule has 0 unspecified atom stereocenters. The van der Waals surface area contributed by atoms with Crippen molar-refractivity contribution in [1.82, 2.24) is 9.97 Å². The summed E-state index contributed by atoms with van der Waals surface area (Å²) in [4.78, 5) is 8.72. The summed E-state index contributed by atoms with van der Waals surface area (Å²) in [5.41, 5.74) is 4.34. The molecule has 19 heavy (non-hydrogen) atoms. The zero-order valence-corrected chi connectivity index (χ0v) is 11.2. The van der Waals surface area contributed by atoms with Crippen molar-refractivity contribution in [3.05, 3.63) is 36.0 Å². The predicted octanol–water partition coefficient (Wildman–Crippen LogP) is 2.53. The smallest absolute Gasteiger partial charge is 0.161 e. The molecular weight excluding hydrogens is 240 g/mol. The predicted molar refractivity (Wildman–Crippen MR) is 75.8 cm³/mol. The van der Waals surface area contributed by atoms with Crippen molar-refractivity contribution in [1.29, 1.82) is 0 Å². The second kappa shape index (κ2) is 6.15. The summed E-state index contributed by atoms with van der Waals surface area (Å²) in [6, 6.07) is 9.53. The van der Waals surface area contributed by atoms with E-state index in [0.29, 0.717) is 11.6 Å². The molecule has 3 N–H and O–H groups in total. The highest BCUT2D eigenvalue weighted by molar-refractivity contribution is 5.58. The van der Waals surface area contributed by atoms with Crippen LogP contribution in [0.4, 0.5) is 5.82 Å². The van der Waals surface area contributed by atoms with Crippen LogP contribution < -0.4 is 16.0 Å². The molecule has 0 atom stereocenters. The third-order valence-electron chi connectivity index (χ3n) is 2.59. The van der Waals surface area contributed by atoms with Crippen LogP contribution in [0.3, 0.4) is 0 Å². The Morgan fingerprint density at radius 1 is 1.21 bits per heavy atom. The molecule has 0 amide bonds. The summed E-state index contributed by atoms with van der Waals surface area (Å²) in [6.07, 6.45) is 0.994. The Morgan fingerprint density at radius 3 is 2.58 bits per heavy atom. The van der Waals surface area contributed by atoms with Crippen LogP contribution in [0.25, 0.3) is 11.4 Å². The number of nitrogens with zero attached hydrogens (tertiary/aromatic N) is 2. The minimum absolute atomic E-state index is 0.605. The highest BCUT2D eigenvalue weighted by Gasteiger charge is 2.04. The second-order valence-electron chi connectivity index (χ2n) is 4.24. The van der Waals surface area contributed by atoms with Gasteiger partial charge in [-0.1, -0.05) is 6.92 Å². The summed E-state index contributed by atoms with van der Waals surface area (Å²) in [5.74, 6) is 7.49. The highest BCUT2D eigenvalue weighted by Crippen LogP contribution is 2.21. The Hall–Kier alpha value is -2.14. The van der Waals surface area contributed by atoms with Gasteiger partial charge in [0.05, 0.1) is 6.61 Å². The van der Waals surface area contributed by atoms with Gasteiger partial charge < -0.3 is 10.2 Å². The Morgan fingerprint density at radius 2 is 1.95 bits per heavy atom. The van der Waals surface area contributed by atoms with Gasteiger partial charge in [0.15, 0.2) is 5.82 Å². The highest BCUT2D eigenvalue weighted by atomic mass is 16.5. The van der Waals surface area contributed by atoms with E-state index in [-0.39, 0.29) is 0 Å². The molecule has 0 aliphatic rings. The van der Waals surface area contributed by atoms with Gasteiger partial charge in [0.1, 0.15) is 11.6 Å². The number of nitrogen functional groups attached to an aromatic ring is 1. The fourth-order valence-electron chi connectivity index (χ4n) is 1.69. The molecule has 1 heterocycles. The van der Waals surface area contributed by atoms with Gasteiger partial charge >= 0.3 is 0 Å². The molecule has 0 fully saturated rings. The molecule has 5 nitrogen and oxygen atoms in total. The Balaban J connectivity index is 2.24. The van der Waals surface area contributed by atoms with Gasteiger partial charge in [0.25, 0.3) is 0 Å².